The number of nitrogens with zero attached hydrogens (tertiary/aromatic N) is 2. The largest absolute Gasteiger partial charge is 0.446 e. The van der Waals surface area contributed by atoms with Gasteiger partial charge in [-0.05, 0) is 97.7 Å². The summed E-state index contributed by atoms with van der Waals surface area (Å²) in [5.41, 5.74) is 0.865. The number of carbonyl (C=O) groups is 1. The maximum Gasteiger partial charge on any atom is 0.410 e. The smallest absolute Gasteiger partial charge is 0.410 e. The lowest BCUT2D eigenvalue weighted by Crippen LogP contribution is -2.60. The number of aliphatic hydroxyl groups excluding tert-OH is 1. The molecule has 7 aliphatic rings. The van der Waals surface area contributed by atoms with Crippen molar-refractivity contribution in [3.8, 4) is 0 Å². The Balaban J connectivity index is 1.05. The molecule has 0 bridgehead atoms. The highest BCUT2D eigenvalue weighted by atomic mass is 16.6. The Labute approximate surface area is 254 Å². The molecule has 0 radical (unpaired) electrons. The molecule has 7 nitrogen and oxygen atoms in total. The van der Waals surface area contributed by atoms with Crippen LogP contribution in [0.2, 0.25) is 0 Å². The molecule has 7 heteroatoms. The summed E-state index contributed by atoms with van der Waals surface area (Å²) in [6.07, 6.45) is 10.2. The van der Waals surface area contributed by atoms with Gasteiger partial charge in [0, 0.05) is 50.7 Å². The van der Waals surface area contributed by atoms with Crippen LogP contribution in [-0.2, 0) is 14.2 Å². The van der Waals surface area contributed by atoms with Crippen molar-refractivity contribution in [2.45, 2.75) is 111 Å². The molecule has 2 heterocycles. The zero-order valence-electron chi connectivity index (χ0n) is 27.3. The first-order valence-electron chi connectivity index (χ1n) is 17.4. The molecule has 0 aromatic rings. The van der Waals surface area contributed by atoms with Gasteiger partial charge in [0.05, 0.1) is 25.4 Å². The minimum absolute atomic E-state index is 0.0135. The predicted molar refractivity (Wildman–Crippen MR) is 162 cm³/mol. The van der Waals surface area contributed by atoms with E-state index in [-0.39, 0.29) is 34.5 Å². The van der Waals surface area contributed by atoms with Gasteiger partial charge in [0.15, 0.2) is 0 Å². The summed E-state index contributed by atoms with van der Waals surface area (Å²) in [7, 11) is 1.81. The number of carbonyl (C=O) groups excluding carboxylic acids is 1. The highest BCUT2D eigenvalue weighted by Gasteiger charge is 2.83. The number of hydrogen-bond acceptors (Lipinski definition) is 6. The molecule has 0 aromatic carbocycles. The highest BCUT2D eigenvalue weighted by Crippen LogP contribution is 2.89. The molecule has 5 aliphatic carbocycles. The summed E-state index contributed by atoms with van der Waals surface area (Å²) >= 11 is 0. The van der Waals surface area contributed by atoms with Gasteiger partial charge in [-0.15, -0.1) is 0 Å². The number of methoxy groups -OCH3 is 1. The van der Waals surface area contributed by atoms with E-state index in [1.54, 1.807) is 0 Å². The van der Waals surface area contributed by atoms with Crippen molar-refractivity contribution in [2.24, 2.45) is 50.7 Å². The van der Waals surface area contributed by atoms with Gasteiger partial charge < -0.3 is 24.2 Å². The van der Waals surface area contributed by atoms with E-state index in [0.29, 0.717) is 40.5 Å². The van der Waals surface area contributed by atoms with Gasteiger partial charge in [-0.1, -0.05) is 34.6 Å². The summed E-state index contributed by atoms with van der Waals surface area (Å²) in [6, 6.07) is 0.535. The molecular formula is C35H58N2O5. The zero-order valence-corrected chi connectivity index (χ0v) is 27.3. The van der Waals surface area contributed by atoms with Crippen LogP contribution in [-0.4, -0.2) is 92.4 Å². The molecule has 7 fully saturated rings. The third-order valence-electron chi connectivity index (χ3n) is 15.6. The SMILES string of the molecule is COCC[C@@H](C)[C@H]1C[C@H](O)[C@@]2(C)C3CC[C@H]4C(C)(C)[C@@H](OC(=O)N5CCN(C6COC6)CC5)CC[C@@]45CC35CC[C@]12C. The molecule has 2 saturated heterocycles. The van der Waals surface area contributed by atoms with E-state index in [4.69, 9.17) is 14.2 Å². The van der Waals surface area contributed by atoms with Crippen molar-refractivity contribution in [3.05, 3.63) is 0 Å². The predicted octanol–water partition coefficient (Wildman–Crippen LogP) is 5.59. The van der Waals surface area contributed by atoms with Gasteiger partial charge in [-0.25, -0.2) is 4.79 Å². The van der Waals surface area contributed by atoms with Crippen molar-refractivity contribution >= 4 is 6.09 Å². The van der Waals surface area contributed by atoms with Crippen LogP contribution in [0.15, 0.2) is 0 Å². The van der Waals surface area contributed by atoms with Gasteiger partial charge in [0.25, 0.3) is 0 Å². The number of hydrogen-bond donors (Lipinski definition) is 1. The first-order valence-corrected chi connectivity index (χ1v) is 17.4. The van der Waals surface area contributed by atoms with Crippen LogP contribution in [0.25, 0.3) is 0 Å². The molecule has 2 unspecified atom stereocenters. The van der Waals surface area contributed by atoms with E-state index < -0.39 is 0 Å². The number of fused-ring (bicyclic) bond motifs is 2. The normalized spacial score (nSPS) is 48.7. The monoisotopic (exact) mass is 586 g/mol. The molecule has 0 aromatic heterocycles. The average molecular weight is 587 g/mol. The van der Waals surface area contributed by atoms with Gasteiger partial charge in [0.2, 0.25) is 0 Å². The van der Waals surface area contributed by atoms with Crippen LogP contribution < -0.4 is 0 Å². The first kappa shape index (κ1) is 29.8. The van der Waals surface area contributed by atoms with Crippen LogP contribution in [0, 0.1) is 50.7 Å². The first-order chi connectivity index (χ1) is 19.9. The Morgan fingerprint density at radius 1 is 0.976 bits per heavy atom. The minimum atomic E-state index is -0.212. The lowest BCUT2D eigenvalue weighted by molar-refractivity contribution is -0.182. The second-order valence-electron chi connectivity index (χ2n) is 16.9. The van der Waals surface area contributed by atoms with E-state index in [1.165, 1.54) is 38.5 Å². The van der Waals surface area contributed by atoms with Crippen molar-refractivity contribution in [2.75, 3.05) is 53.1 Å². The van der Waals surface area contributed by atoms with E-state index in [9.17, 15) is 9.90 Å². The van der Waals surface area contributed by atoms with Crippen molar-refractivity contribution in [3.63, 3.8) is 0 Å². The zero-order chi connectivity index (χ0) is 29.7. The van der Waals surface area contributed by atoms with Gasteiger partial charge >= 0.3 is 6.09 Å². The molecule has 42 heavy (non-hydrogen) atoms. The molecular weight excluding hydrogens is 528 g/mol. The van der Waals surface area contributed by atoms with Crippen molar-refractivity contribution in [1.82, 2.24) is 9.80 Å². The Hall–Kier alpha value is -0.890. The summed E-state index contributed by atoms with van der Waals surface area (Å²) in [6.45, 7) is 18.1. The number of rotatable bonds is 6. The molecule has 2 spiro atoms. The van der Waals surface area contributed by atoms with E-state index >= 15 is 0 Å². The Kier molecular flexibility index (Phi) is 7.13. The molecule has 10 atom stereocenters. The third kappa shape index (κ3) is 3.87. The number of piperazine rings is 1. The Morgan fingerprint density at radius 3 is 2.33 bits per heavy atom. The topological polar surface area (TPSA) is 71.5 Å². The van der Waals surface area contributed by atoms with Gasteiger partial charge in [0.1, 0.15) is 6.10 Å². The summed E-state index contributed by atoms with van der Waals surface area (Å²) in [5, 5.41) is 11.9. The number of amides is 1. The Morgan fingerprint density at radius 2 is 1.67 bits per heavy atom. The fourth-order valence-corrected chi connectivity index (χ4v) is 12.9. The molecule has 1 amide bonds. The van der Waals surface area contributed by atoms with Crippen LogP contribution >= 0.6 is 0 Å². The van der Waals surface area contributed by atoms with Crippen LogP contribution in [0.4, 0.5) is 4.79 Å². The summed E-state index contributed by atoms with van der Waals surface area (Å²) < 4.78 is 17.3. The van der Waals surface area contributed by atoms with Crippen LogP contribution in [0.3, 0.4) is 0 Å². The quantitative estimate of drug-likeness (QED) is 0.438. The Bertz CT molecular complexity index is 1060. The molecule has 238 valence electrons. The van der Waals surface area contributed by atoms with Crippen molar-refractivity contribution in [1.29, 1.82) is 0 Å². The molecule has 1 N–H and O–H groups in total. The molecule has 2 aliphatic heterocycles. The van der Waals surface area contributed by atoms with Gasteiger partial charge in [-0.2, -0.15) is 0 Å². The fraction of sp³-hybridized carbons (Fsp3) is 0.971. The highest BCUT2D eigenvalue weighted by molar-refractivity contribution is 5.68. The third-order valence-corrected chi connectivity index (χ3v) is 15.6. The van der Waals surface area contributed by atoms with Gasteiger partial charge in [-0.3, -0.25) is 4.90 Å². The average Bonchev–Trinajstić information content (AvgIpc) is 3.55. The van der Waals surface area contributed by atoms with Crippen LogP contribution in [0.5, 0.6) is 0 Å². The fourth-order valence-electron chi connectivity index (χ4n) is 12.9. The lowest BCUT2D eigenvalue weighted by atomic mass is 9.41. The summed E-state index contributed by atoms with van der Waals surface area (Å²) in [5.74, 6) is 2.32. The number of aliphatic hydroxyl groups is 1. The lowest BCUT2D eigenvalue weighted by Gasteiger charge is -2.63. The van der Waals surface area contributed by atoms with E-state index in [1.807, 2.05) is 12.0 Å². The van der Waals surface area contributed by atoms with E-state index in [0.717, 1.165) is 65.3 Å². The number of ether oxygens (including phenoxy) is 3. The van der Waals surface area contributed by atoms with Crippen LogP contribution in [0.1, 0.15) is 92.4 Å². The maximum absolute atomic E-state index is 13.4. The van der Waals surface area contributed by atoms with E-state index in [2.05, 4.69) is 39.5 Å². The second kappa shape index (κ2) is 10.1. The standard InChI is InChI=1S/C35H58N2O5/c1-23(10-18-40-6)25-19-28(38)33(5)27-8-7-26-31(2,3)29(9-11-34(26)22-35(27,34)13-12-32(25,33)4)42-30(39)37-16-14-36(15-17-37)24-20-41-21-24/h23-29,38H,7-22H2,1-6H3/t23-,25-,26+,27?,28+,29+,32-,33-,34-,35?/m1/s1. The summed E-state index contributed by atoms with van der Waals surface area (Å²) in [4.78, 5) is 17.8. The molecule has 7 rings (SSSR count). The maximum atomic E-state index is 13.4. The molecule has 5 saturated carbocycles. The van der Waals surface area contributed by atoms with Crippen molar-refractivity contribution < 1.29 is 24.1 Å². The minimum Gasteiger partial charge on any atom is -0.446 e. The second-order valence-corrected chi connectivity index (χ2v) is 16.9.